The van der Waals surface area contributed by atoms with E-state index >= 15 is 0 Å². The number of hydrogen-bond donors (Lipinski definition) is 0. The topological polar surface area (TPSA) is 79.5 Å². The zero-order chi connectivity index (χ0) is 21.4. The van der Waals surface area contributed by atoms with E-state index in [1.807, 2.05) is 15.6 Å². The molecule has 0 unspecified atom stereocenters. The summed E-state index contributed by atoms with van der Waals surface area (Å²) in [6.07, 6.45) is 6.62. The molecule has 0 bridgehead atoms. The normalized spacial score (nSPS) is 17.2. The quantitative estimate of drug-likeness (QED) is 0.514. The van der Waals surface area contributed by atoms with E-state index in [0.717, 1.165) is 28.9 Å². The molecule has 4 aromatic rings. The second-order valence-electron chi connectivity index (χ2n) is 7.93. The van der Waals surface area contributed by atoms with Gasteiger partial charge in [0.25, 0.3) is 5.91 Å². The van der Waals surface area contributed by atoms with E-state index in [9.17, 15) is 4.79 Å². The van der Waals surface area contributed by atoms with Crippen LogP contribution in [0.2, 0.25) is 0 Å². The van der Waals surface area contributed by atoms with E-state index in [4.69, 9.17) is 0 Å². The Morgan fingerprint density at radius 3 is 2.61 bits per heavy atom. The van der Waals surface area contributed by atoms with E-state index in [1.165, 1.54) is 11.8 Å². The van der Waals surface area contributed by atoms with Crippen molar-refractivity contribution in [1.82, 2.24) is 34.6 Å². The fraction of sp³-hybridized carbons (Fsp3) is 0.261. The molecule has 0 spiro atoms. The van der Waals surface area contributed by atoms with Crippen LogP contribution in [0.25, 0.3) is 16.6 Å². The Morgan fingerprint density at radius 2 is 1.84 bits per heavy atom. The molecule has 1 aromatic carbocycles. The van der Waals surface area contributed by atoms with E-state index < -0.39 is 0 Å². The van der Waals surface area contributed by atoms with Gasteiger partial charge in [0.15, 0.2) is 0 Å². The molecular formula is C23H23N7O. The summed E-state index contributed by atoms with van der Waals surface area (Å²) >= 11 is 0. The first-order chi connectivity index (χ1) is 15.1. The molecule has 31 heavy (non-hydrogen) atoms. The summed E-state index contributed by atoms with van der Waals surface area (Å²) in [4.78, 5) is 25.1. The largest absolute Gasteiger partial charge is 0.334 e. The lowest BCUT2D eigenvalue weighted by Crippen LogP contribution is -2.49. The number of pyridine rings is 1. The molecule has 1 aliphatic heterocycles. The number of amides is 1. The molecule has 0 N–H and O–H groups in total. The lowest BCUT2D eigenvalue weighted by atomic mass is 10.0. The van der Waals surface area contributed by atoms with Gasteiger partial charge in [-0.25, -0.2) is 9.50 Å². The zero-order valence-corrected chi connectivity index (χ0v) is 17.5. The average Bonchev–Trinajstić information content (AvgIpc) is 3.23. The average molecular weight is 413 g/mol. The number of rotatable bonds is 3. The Morgan fingerprint density at radius 1 is 1.03 bits per heavy atom. The van der Waals surface area contributed by atoms with Crippen LogP contribution in [-0.4, -0.2) is 67.2 Å². The number of piperazine rings is 1. The third-order valence-electron chi connectivity index (χ3n) is 5.86. The SMILES string of the molecule is Cc1ccc(-c2ccc3c([C@@H]4CN(C(=O)c5cnccn5)CCN4C)nnn3c2)cc1. The van der Waals surface area contributed by atoms with Gasteiger partial charge >= 0.3 is 0 Å². The summed E-state index contributed by atoms with van der Waals surface area (Å²) in [7, 11) is 2.06. The van der Waals surface area contributed by atoms with Gasteiger partial charge in [-0.3, -0.25) is 14.7 Å². The van der Waals surface area contributed by atoms with Crippen LogP contribution < -0.4 is 0 Å². The highest BCUT2D eigenvalue weighted by atomic mass is 16.2. The van der Waals surface area contributed by atoms with Crippen molar-refractivity contribution in [2.45, 2.75) is 13.0 Å². The highest BCUT2D eigenvalue weighted by Crippen LogP contribution is 2.28. The fourth-order valence-corrected chi connectivity index (χ4v) is 3.99. The summed E-state index contributed by atoms with van der Waals surface area (Å²) in [5.74, 6) is -0.107. The number of aromatic nitrogens is 5. The molecule has 156 valence electrons. The predicted octanol–water partition coefficient (Wildman–Crippen LogP) is 2.62. The maximum absolute atomic E-state index is 12.9. The van der Waals surface area contributed by atoms with Gasteiger partial charge in [-0.2, -0.15) is 0 Å². The number of likely N-dealkylation sites (N-methyl/N-ethyl adjacent to an activating group) is 1. The molecule has 1 amide bonds. The molecule has 0 aliphatic carbocycles. The van der Waals surface area contributed by atoms with Crippen molar-refractivity contribution in [3.63, 3.8) is 0 Å². The number of aryl methyl sites for hydroxylation is 1. The molecule has 4 heterocycles. The Labute approximate surface area is 180 Å². The Bertz CT molecular complexity index is 1220. The molecule has 1 fully saturated rings. The highest BCUT2D eigenvalue weighted by Gasteiger charge is 2.32. The Kier molecular flexibility index (Phi) is 4.91. The van der Waals surface area contributed by atoms with Crippen LogP contribution in [0.4, 0.5) is 0 Å². The first-order valence-corrected chi connectivity index (χ1v) is 10.3. The molecule has 1 aliphatic rings. The van der Waals surface area contributed by atoms with Gasteiger partial charge < -0.3 is 4.90 Å². The van der Waals surface area contributed by atoms with Crippen molar-refractivity contribution in [3.05, 3.63) is 78.1 Å². The van der Waals surface area contributed by atoms with Gasteiger partial charge in [0.2, 0.25) is 0 Å². The van der Waals surface area contributed by atoms with Gasteiger partial charge in [-0.15, -0.1) is 5.10 Å². The minimum absolute atomic E-state index is 0.0444. The molecule has 1 atom stereocenters. The van der Waals surface area contributed by atoms with Crippen molar-refractivity contribution in [2.24, 2.45) is 0 Å². The van der Waals surface area contributed by atoms with Crippen molar-refractivity contribution < 1.29 is 4.79 Å². The minimum atomic E-state index is -0.107. The van der Waals surface area contributed by atoms with Gasteiger partial charge in [-0.05, 0) is 25.6 Å². The van der Waals surface area contributed by atoms with E-state index in [-0.39, 0.29) is 11.9 Å². The molecular weight excluding hydrogens is 390 g/mol. The maximum atomic E-state index is 12.9. The number of hydrogen-bond acceptors (Lipinski definition) is 6. The van der Waals surface area contributed by atoms with Crippen molar-refractivity contribution in [2.75, 3.05) is 26.7 Å². The summed E-state index contributed by atoms with van der Waals surface area (Å²) < 4.78 is 1.82. The maximum Gasteiger partial charge on any atom is 0.274 e. The Balaban J connectivity index is 1.43. The first kappa shape index (κ1) is 19.3. The third kappa shape index (κ3) is 3.66. The lowest BCUT2D eigenvalue weighted by molar-refractivity contribution is 0.0536. The smallest absolute Gasteiger partial charge is 0.274 e. The predicted molar refractivity (Wildman–Crippen MR) is 116 cm³/mol. The molecule has 0 radical (unpaired) electrons. The minimum Gasteiger partial charge on any atom is -0.334 e. The number of carbonyl (C=O) groups is 1. The number of fused-ring (bicyclic) bond motifs is 1. The standard InChI is InChI=1S/C23H23N7O/c1-16-3-5-17(6-4-16)18-7-8-20-22(26-27-30(20)14-18)21-15-29(12-11-28(21)2)23(31)19-13-24-9-10-25-19/h3-10,13-14,21H,11-12,15H2,1-2H3/t21-/m0/s1. The highest BCUT2D eigenvalue weighted by molar-refractivity contribution is 5.92. The Hall–Kier alpha value is -3.65. The van der Waals surface area contributed by atoms with Gasteiger partial charge in [0.1, 0.15) is 11.4 Å². The third-order valence-corrected chi connectivity index (χ3v) is 5.86. The van der Waals surface area contributed by atoms with E-state index in [0.29, 0.717) is 18.8 Å². The second kappa shape index (κ2) is 7.88. The van der Waals surface area contributed by atoms with Crippen LogP contribution in [0.3, 0.4) is 0 Å². The molecule has 8 heteroatoms. The monoisotopic (exact) mass is 413 g/mol. The zero-order valence-electron chi connectivity index (χ0n) is 17.5. The number of carbonyl (C=O) groups excluding carboxylic acids is 1. The van der Waals surface area contributed by atoms with Crippen LogP contribution >= 0.6 is 0 Å². The van der Waals surface area contributed by atoms with E-state index in [1.54, 1.807) is 12.4 Å². The number of nitrogens with zero attached hydrogens (tertiary/aromatic N) is 7. The molecule has 0 saturated carbocycles. The van der Waals surface area contributed by atoms with Crippen LogP contribution in [0.5, 0.6) is 0 Å². The summed E-state index contributed by atoms with van der Waals surface area (Å²) in [6, 6.07) is 12.5. The van der Waals surface area contributed by atoms with Crippen molar-refractivity contribution in [3.8, 4) is 11.1 Å². The van der Waals surface area contributed by atoms with Crippen LogP contribution in [0, 0.1) is 6.92 Å². The van der Waals surface area contributed by atoms with Gasteiger partial charge in [0.05, 0.1) is 17.8 Å². The van der Waals surface area contributed by atoms with Gasteiger partial charge in [0, 0.05) is 43.8 Å². The number of benzene rings is 1. The van der Waals surface area contributed by atoms with E-state index in [2.05, 4.69) is 75.5 Å². The van der Waals surface area contributed by atoms with Crippen molar-refractivity contribution >= 4 is 11.4 Å². The van der Waals surface area contributed by atoms with Gasteiger partial charge in [-0.1, -0.05) is 41.1 Å². The van der Waals surface area contributed by atoms with Crippen LogP contribution in [-0.2, 0) is 0 Å². The fourth-order valence-electron chi connectivity index (χ4n) is 3.99. The second-order valence-corrected chi connectivity index (χ2v) is 7.93. The summed E-state index contributed by atoms with van der Waals surface area (Å²) in [6.45, 7) is 3.99. The van der Waals surface area contributed by atoms with Crippen LogP contribution in [0.1, 0.15) is 27.8 Å². The van der Waals surface area contributed by atoms with Crippen molar-refractivity contribution in [1.29, 1.82) is 0 Å². The molecule has 8 nitrogen and oxygen atoms in total. The first-order valence-electron chi connectivity index (χ1n) is 10.3. The summed E-state index contributed by atoms with van der Waals surface area (Å²) in [5.41, 5.74) is 5.63. The molecule has 1 saturated heterocycles. The van der Waals surface area contributed by atoms with Crippen LogP contribution in [0.15, 0.2) is 61.2 Å². The molecule has 3 aromatic heterocycles. The lowest BCUT2D eigenvalue weighted by Gasteiger charge is -2.38. The summed E-state index contributed by atoms with van der Waals surface area (Å²) in [5, 5.41) is 8.86. The molecule has 5 rings (SSSR count).